The van der Waals surface area contributed by atoms with E-state index < -0.39 is 0 Å². The molecule has 14 heavy (non-hydrogen) atoms. The van der Waals surface area contributed by atoms with Crippen molar-refractivity contribution in [2.24, 2.45) is 11.5 Å². The summed E-state index contributed by atoms with van der Waals surface area (Å²) in [6.45, 7) is 0.841. The molecule has 0 rings (SSSR count). The Morgan fingerprint density at radius 2 is 1.43 bits per heavy atom. The Labute approximate surface area is 88.1 Å². The third-order valence-corrected chi connectivity index (χ3v) is 2.18. The second kappa shape index (κ2) is 12.2. The van der Waals surface area contributed by atoms with Crippen molar-refractivity contribution in [2.45, 2.75) is 44.9 Å². The first-order valence-electron chi connectivity index (χ1n) is 5.65. The molecule has 82 valence electrons. The van der Waals surface area contributed by atoms with Gasteiger partial charge in [-0.2, -0.15) is 0 Å². The van der Waals surface area contributed by atoms with Gasteiger partial charge in [-0.1, -0.05) is 37.8 Å². The molecule has 0 aliphatic rings. The van der Waals surface area contributed by atoms with Crippen LogP contribution in [0.1, 0.15) is 44.9 Å². The van der Waals surface area contributed by atoms with Crippen molar-refractivity contribution in [1.82, 2.24) is 0 Å². The van der Waals surface area contributed by atoms with Crippen LogP contribution in [0, 0.1) is 0 Å². The number of nitrogens with two attached hydrogens (primary N) is 2. The molecule has 0 saturated heterocycles. The van der Waals surface area contributed by atoms with Gasteiger partial charge in [0.1, 0.15) is 0 Å². The molecule has 0 spiro atoms. The molecular weight excluding hydrogens is 172 g/mol. The summed E-state index contributed by atoms with van der Waals surface area (Å²) in [5.74, 6) is 0. The summed E-state index contributed by atoms with van der Waals surface area (Å²) < 4.78 is 0. The van der Waals surface area contributed by atoms with Gasteiger partial charge in [0.25, 0.3) is 0 Å². The van der Waals surface area contributed by atoms with E-state index in [1.165, 1.54) is 44.9 Å². The molecule has 2 heteroatoms. The predicted molar refractivity (Wildman–Crippen MR) is 63.8 cm³/mol. The number of unbranched alkanes of at least 4 members (excludes halogenated alkanes) is 6. The summed E-state index contributed by atoms with van der Waals surface area (Å²) in [6.07, 6.45) is 16.6. The number of allylic oxidation sites excluding steroid dienone is 3. The molecule has 0 atom stereocenters. The second-order valence-electron chi connectivity index (χ2n) is 3.51. The predicted octanol–water partition coefficient (Wildman–Crippen LogP) is 2.70. The Kier molecular flexibility index (Phi) is 11.6. The van der Waals surface area contributed by atoms with Crippen molar-refractivity contribution in [3.8, 4) is 0 Å². The molecule has 2 nitrogen and oxygen atoms in total. The van der Waals surface area contributed by atoms with Gasteiger partial charge in [-0.3, -0.25) is 0 Å². The van der Waals surface area contributed by atoms with Gasteiger partial charge in [0.15, 0.2) is 0 Å². The van der Waals surface area contributed by atoms with E-state index in [1.54, 1.807) is 6.20 Å². The average molecular weight is 196 g/mol. The number of rotatable bonds is 9. The van der Waals surface area contributed by atoms with E-state index in [4.69, 9.17) is 11.5 Å². The lowest BCUT2D eigenvalue weighted by Gasteiger charge is -1.98. The van der Waals surface area contributed by atoms with Gasteiger partial charge >= 0.3 is 0 Å². The van der Waals surface area contributed by atoms with Crippen molar-refractivity contribution in [2.75, 3.05) is 6.54 Å². The van der Waals surface area contributed by atoms with Crippen LogP contribution in [0.3, 0.4) is 0 Å². The summed E-state index contributed by atoms with van der Waals surface area (Å²) >= 11 is 0. The standard InChI is InChI=1S/C12H24N2/c13-11-9-7-5-3-1-2-4-6-8-10-12-14/h5,7,9,11H,1-4,6,8,10,12-14H2/b7-5+,11-9+. The molecule has 0 fully saturated rings. The number of hydrogen-bond acceptors (Lipinski definition) is 2. The summed E-state index contributed by atoms with van der Waals surface area (Å²) in [5.41, 5.74) is 10.6. The van der Waals surface area contributed by atoms with Crippen LogP contribution >= 0.6 is 0 Å². The molecule has 0 aromatic heterocycles. The SMILES string of the molecule is N/C=C/C=C/CCCCCCCCN. The maximum atomic E-state index is 5.41. The van der Waals surface area contributed by atoms with Crippen LogP contribution in [0.4, 0.5) is 0 Å². The molecule has 0 aromatic rings. The Hall–Kier alpha value is -0.760. The van der Waals surface area contributed by atoms with Crippen LogP contribution in [0.25, 0.3) is 0 Å². The van der Waals surface area contributed by atoms with E-state index in [0.717, 1.165) is 6.54 Å². The van der Waals surface area contributed by atoms with Crippen molar-refractivity contribution in [3.63, 3.8) is 0 Å². The van der Waals surface area contributed by atoms with Gasteiger partial charge in [0.2, 0.25) is 0 Å². The van der Waals surface area contributed by atoms with E-state index in [-0.39, 0.29) is 0 Å². The maximum absolute atomic E-state index is 5.41. The van der Waals surface area contributed by atoms with Gasteiger partial charge in [-0.25, -0.2) is 0 Å². The summed E-state index contributed by atoms with van der Waals surface area (Å²) in [5, 5.41) is 0. The molecule has 0 amide bonds. The average Bonchev–Trinajstić information content (AvgIpc) is 2.21. The summed E-state index contributed by atoms with van der Waals surface area (Å²) in [4.78, 5) is 0. The van der Waals surface area contributed by atoms with Crippen LogP contribution in [0.5, 0.6) is 0 Å². The molecule has 0 heterocycles. The highest BCUT2D eigenvalue weighted by Gasteiger charge is 1.88. The lowest BCUT2D eigenvalue weighted by atomic mass is 10.1. The molecular formula is C12H24N2. The van der Waals surface area contributed by atoms with E-state index in [0.29, 0.717) is 0 Å². The third-order valence-electron chi connectivity index (χ3n) is 2.18. The Bertz CT molecular complexity index is 150. The lowest BCUT2D eigenvalue weighted by Crippen LogP contribution is -1.97. The topological polar surface area (TPSA) is 52.0 Å². The smallest absolute Gasteiger partial charge is 0.00625 e. The molecule has 0 unspecified atom stereocenters. The fourth-order valence-electron chi connectivity index (χ4n) is 1.35. The monoisotopic (exact) mass is 196 g/mol. The van der Waals surface area contributed by atoms with Gasteiger partial charge < -0.3 is 11.5 Å². The minimum absolute atomic E-state index is 0.841. The minimum atomic E-state index is 0.841. The van der Waals surface area contributed by atoms with Crippen molar-refractivity contribution >= 4 is 0 Å². The first kappa shape index (κ1) is 13.2. The molecule has 0 aliphatic heterocycles. The normalized spacial score (nSPS) is 11.8. The molecule has 4 N–H and O–H groups in total. The van der Waals surface area contributed by atoms with Gasteiger partial charge in [-0.15, -0.1) is 0 Å². The summed E-state index contributed by atoms with van der Waals surface area (Å²) in [6, 6.07) is 0. The largest absolute Gasteiger partial charge is 0.405 e. The first-order chi connectivity index (χ1) is 6.91. The molecule has 0 aliphatic carbocycles. The second-order valence-corrected chi connectivity index (χ2v) is 3.51. The van der Waals surface area contributed by atoms with Crippen LogP contribution in [-0.4, -0.2) is 6.54 Å². The van der Waals surface area contributed by atoms with E-state index >= 15 is 0 Å². The molecule has 0 bridgehead atoms. The highest BCUT2D eigenvalue weighted by atomic mass is 14.5. The number of hydrogen-bond donors (Lipinski definition) is 2. The van der Waals surface area contributed by atoms with Crippen LogP contribution in [0.15, 0.2) is 24.4 Å². The third kappa shape index (κ3) is 11.2. The Morgan fingerprint density at radius 1 is 0.786 bits per heavy atom. The van der Waals surface area contributed by atoms with Crippen LogP contribution in [-0.2, 0) is 0 Å². The Balaban J connectivity index is 2.98. The zero-order valence-corrected chi connectivity index (χ0v) is 9.12. The fourth-order valence-corrected chi connectivity index (χ4v) is 1.35. The van der Waals surface area contributed by atoms with Crippen molar-refractivity contribution in [3.05, 3.63) is 24.4 Å². The molecule has 0 saturated carbocycles. The highest BCUT2D eigenvalue weighted by Crippen LogP contribution is 2.06. The molecule has 0 radical (unpaired) electrons. The maximum Gasteiger partial charge on any atom is -0.00625 e. The van der Waals surface area contributed by atoms with E-state index in [9.17, 15) is 0 Å². The Morgan fingerprint density at radius 3 is 2.07 bits per heavy atom. The first-order valence-corrected chi connectivity index (χ1v) is 5.65. The van der Waals surface area contributed by atoms with Crippen LogP contribution < -0.4 is 11.5 Å². The van der Waals surface area contributed by atoms with Crippen molar-refractivity contribution < 1.29 is 0 Å². The van der Waals surface area contributed by atoms with E-state index in [2.05, 4.69) is 6.08 Å². The van der Waals surface area contributed by atoms with E-state index in [1.807, 2.05) is 12.2 Å². The fraction of sp³-hybridized carbons (Fsp3) is 0.667. The van der Waals surface area contributed by atoms with Gasteiger partial charge in [0.05, 0.1) is 0 Å². The quantitative estimate of drug-likeness (QED) is 0.440. The highest BCUT2D eigenvalue weighted by molar-refractivity contribution is 5.00. The molecule has 0 aromatic carbocycles. The van der Waals surface area contributed by atoms with Gasteiger partial charge in [0, 0.05) is 0 Å². The van der Waals surface area contributed by atoms with Gasteiger partial charge in [-0.05, 0) is 38.1 Å². The lowest BCUT2D eigenvalue weighted by molar-refractivity contribution is 0.601. The summed E-state index contributed by atoms with van der Waals surface area (Å²) in [7, 11) is 0. The van der Waals surface area contributed by atoms with Crippen molar-refractivity contribution in [1.29, 1.82) is 0 Å². The minimum Gasteiger partial charge on any atom is -0.405 e. The zero-order chi connectivity index (χ0) is 10.5. The van der Waals surface area contributed by atoms with Crippen LogP contribution in [0.2, 0.25) is 0 Å². The zero-order valence-electron chi connectivity index (χ0n) is 9.12.